The summed E-state index contributed by atoms with van der Waals surface area (Å²) in [6.07, 6.45) is 0. The summed E-state index contributed by atoms with van der Waals surface area (Å²) < 4.78 is 13.0. The molecule has 0 atom stereocenters. The second-order valence-corrected chi connectivity index (χ2v) is 4.39. The number of hydrogen-bond acceptors (Lipinski definition) is 4. The van der Waals surface area contributed by atoms with Crippen LogP contribution in [0, 0.1) is 22.9 Å². The second kappa shape index (κ2) is 5.58. The normalized spacial score (nSPS) is 10.2. The fourth-order valence-electron chi connectivity index (χ4n) is 1.89. The molecule has 2 aromatic carbocycles. The van der Waals surface area contributed by atoms with Crippen molar-refractivity contribution in [2.24, 2.45) is 0 Å². The molecule has 0 aliphatic carbocycles. The number of hydrogen-bond donors (Lipinski definition) is 2. The molecule has 108 valence electrons. The van der Waals surface area contributed by atoms with E-state index in [1.807, 2.05) is 0 Å². The number of anilines is 2. The minimum atomic E-state index is -0.559. The van der Waals surface area contributed by atoms with E-state index in [-0.39, 0.29) is 16.9 Å². The van der Waals surface area contributed by atoms with Crippen molar-refractivity contribution in [2.45, 2.75) is 6.92 Å². The number of benzene rings is 2. The van der Waals surface area contributed by atoms with Crippen LogP contribution in [0.15, 0.2) is 36.4 Å². The van der Waals surface area contributed by atoms with E-state index in [0.717, 1.165) is 12.1 Å². The Morgan fingerprint density at radius 3 is 2.67 bits per heavy atom. The first-order chi connectivity index (χ1) is 9.90. The molecule has 6 nitrogen and oxygen atoms in total. The molecule has 2 rings (SSSR count). The number of nitrogens with zero attached hydrogens (tertiary/aromatic N) is 1. The maximum atomic E-state index is 13.0. The highest BCUT2D eigenvalue weighted by atomic mass is 19.1. The number of nitro benzene ring substituents is 1. The minimum absolute atomic E-state index is 0.00409. The quantitative estimate of drug-likeness (QED) is 0.515. The summed E-state index contributed by atoms with van der Waals surface area (Å²) in [6, 6.07) is 7.76. The van der Waals surface area contributed by atoms with E-state index < -0.39 is 16.6 Å². The first-order valence-corrected chi connectivity index (χ1v) is 6.00. The van der Waals surface area contributed by atoms with Gasteiger partial charge in [-0.15, -0.1) is 0 Å². The maximum absolute atomic E-state index is 13.0. The Bertz CT molecular complexity index is 731. The highest BCUT2D eigenvalue weighted by Crippen LogP contribution is 2.26. The van der Waals surface area contributed by atoms with Crippen molar-refractivity contribution in [1.82, 2.24) is 0 Å². The first-order valence-electron chi connectivity index (χ1n) is 6.00. The molecular formula is C14H12FN3O3. The number of nitrogen functional groups attached to an aromatic ring is 1. The Hall–Kier alpha value is -2.96. The fraction of sp³-hybridized carbons (Fsp3) is 0.0714. The van der Waals surface area contributed by atoms with Gasteiger partial charge in [0.15, 0.2) is 0 Å². The number of halogens is 1. The van der Waals surface area contributed by atoms with Gasteiger partial charge in [-0.05, 0) is 31.2 Å². The highest BCUT2D eigenvalue weighted by Gasteiger charge is 2.16. The molecule has 0 aliphatic rings. The lowest BCUT2D eigenvalue weighted by Crippen LogP contribution is -2.15. The van der Waals surface area contributed by atoms with Crippen LogP contribution in [0.3, 0.4) is 0 Å². The maximum Gasteiger partial charge on any atom is 0.274 e. The monoisotopic (exact) mass is 289 g/mol. The van der Waals surface area contributed by atoms with Crippen LogP contribution in [-0.2, 0) is 0 Å². The average Bonchev–Trinajstić information content (AvgIpc) is 2.40. The van der Waals surface area contributed by atoms with Crippen LogP contribution >= 0.6 is 0 Å². The lowest BCUT2D eigenvalue weighted by atomic mass is 10.1. The van der Waals surface area contributed by atoms with Crippen molar-refractivity contribution < 1.29 is 14.1 Å². The van der Waals surface area contributed by atoms with Crippen LogP contribution in [0.2, 0.25) is 0 Å². The van der Waals surface area contributed by atoms with Crippen LogP contribution in [0.4, 0.5) is 21.5 Å². The Kier molecular flexibility index (Phi) is 3.84. The van der Waals surface area contributed by atoms with E-state index in [0.29, 0.717) is 11.3 Å². The van der Waals surface area contributed by atoms with Gasteiger partial charge in [0, 0.05) is 11.8 Å². The van der Waals surface area contributed by atoms with E-state index >= 15 is 0 Å². The SMILES string of the molecule is Cc1c(NC(=O)c2ccc(F)cc2N)cccc1[N+](=O)[O-]. The molecule has 0 aromatic heterocycles. The zero-order valence-corrected chi connectivity index (χ0v) is 11.1. The minimum Gasteiger partial charge on any atom is -0.398 e. The molecule has 0 fully saturated rings. The molecule has 0 spiro atoms. The summed E-state index contributed by atoms with van der Waals surface area (Å²) in [5, 5.41) is 13.4. The first kappa shape index (κ1) is 14.4. The summed E-state index contributed by atoms with van der Waals surface area (Å²) in [5.41, 5.74) is 6.21. The van der Waals surface area contributed by atoms with Gasteiger partial charge in [-0.3, -0.25) is 14.9 Å². The Morgan fingerprint density at radius 2 is 2.05 bits per heavy atom. The standard InChI is InChI=1S/C14H12FN3O3/c1-8-12(3-2-4-13(8)18(20)21)17-14(19)10-6-5-9(15)7-11(10)16/h2-7H,16H2,1H3,(H,17,19). The Labute approximate surface area is 119 Å². The molecule has 0 saturated carbocycles. The number of carbonyl (C=O) groups is 1. The second-order valence-electron chi connectivity index (χ2n) is 4.39. The summed E-state index contributed by atoms with van der Waals surface area (Å²) in [6.45, 7) is 1.53. The molecule has 0 saturated heterocycles. The number of amides is 1. The van der Waals surface area contributed by atoms with Gasteiger partial charge in [0.05, 0.1) is 21.7 Å². The number of nitrogens with two attached hydrogens (primary N) is 1. The van der Waals surface area contributed by atoms with Gasteiger partial charge in [0.25, 0.3) is 11.6 Å². The molecule has 2 aromatic rings. The molecule has 21 heavy (non-hydrogen) atoms. The van der Waals surface area contributed by atoms with E-state index in [9.17, 15) is 19.3 Å². The van der Waals surface area contributed by atoms with Crippen LogP contribution in [0.5, 0.6) is 0 Å². The Balaban J connectivity index is 2.32. The topological polar surface area (TPSA) is 98.3 Å². The summed E-state index contributed by atoms with van der Waals surface area (Å²) >= 11 is 0. The van der Waals surface area contributed by atoms with Gasteiger partial charge in [-0.25, -0.2) is 4.39 Å². The Morgan fingerprint density at radius 1 is 1.33 bits per heavy atom. The van der Waals surface area contributed by atoms with Gasteiger partial charge < -0.3 is 11.1 Å². The van der Waals surface area contributed by atoms with Gasteiger partial charge in [-0.1, -0.05) is 6.07 Å². The van der Waals surface area contributed by atoms with E-state index in [4.69, 9.17) is 5.73 Å². The predicted octanol–water partition coefficient (Wildman–Crippen LogP) is 2.88. The average molecular weight is 289 g/mol. The molecule has 0 aliphatic heterocycles. The lowest BCUT2D eigenvalue weighted by Gasteiger charge is -2.10. The lowest BCUT2D eigenvalue weighted by molar-refractivity contribution is -0.385. The predicted molar refractivity (Wildman–Crippen MR) is 76.6 cm³/mol. The largest absolute Gasteiger partial charge is 0.398 e. The molecule has 0 radical (unpaired) electrons. The smallest absolute Gasteiger partial charge is 0.274 e. The van der Waals surface area contributed by atoms with E-state index in [1.54, 1.807) is 6.07 Å². The van der Waals surface area contributed by atoms with Gasteiger partial charge in [0.2, 0.25) is 0 Å². The molecule has 1 amide bonds. The van der Waals surface area contributed by atoms with Gasteiger partial charge >= 0.3 is 0 Å². The summed E-state index contributed by atoms with van der Waals surface area (Å²) in [7, 11) is 0. The van der Waals surface area contributed by atoms with Crippen molar-refractivity contribution in [2.75, 3.05) is 11.1 Å². The third-order valence-corrected chi connectivity index (χ3v) is 3.01. The molecule has 0 bridgehead atoms. The summed E-state index contributed by atoms with van der Waals surface area (Å²) in [5.74, 6) is -1.10. The van der Waals surface area contributed by atoms with Crippen LogP contribution in [0.1, 0.15) is 15.9 Å². The van der Waals surface area contributed by atoms with Crippen LogP contribution in [0.25, 0.3) is 0 Å². The zero-order chi connectivity index (χ0) is 15.6. The molecular weight excluding hydrogens is 277 g/mol. The third-order valence-electron chi connectivity index (χ3n) is 3.01. The molecule has 0 heterocycles. The fourth-order valence-corrected chi connectivity index (χ4v) is 1.89. The van der Waals surface area contributed by atoms with Crippen molar-refractivity contribution >= 4 is 23.0 Å². The molecule has 0 unspecified atom stereocenters. The number of nitrogens with one attached hydrogen (secondary N) is 1. The van der Waals surface area contributed by atoms with Crippen molar-refractivity contribution in [3.63, 3.8) is 0 Å². The van der Waals surface area contributed by atoms with Gasteiger partial charge in [-0.2, -0.15) is 0 Å². The van der Waals surface area contributed by atoms with E-state index in [2.05, 4.69) is 5.32 Å². The van der Waals surface area contributed by atoms with Crippen molar-refractivity contribution in [3.8, 4) is 0 Å². The highest BCUT2D eigenvalue weighted by molar-refractivity contribution is 6.08. The van der Waals surface area contributed by atoms with Crippen molar-refractivity contribution in [1.29, 1.82) is 0 Å². The number of carbonyl (C=O) groups excluding carboxylic acids is 1. The number of rotatable bonds is 3. The molecule has 3 N–H and O–H groups in total. The third kappa shape index (κ3) is 2.97. The number of nitro groups is 1. The summed E-state index contributed by atoms with van der Waals surface area (Å²) in [4.78, 5) is 22.4. The van der Waals surface area contributed by atoms with Crippen LogP contribution < -0.4 is 11.1 Å². The van der Waals surface area contributed by atoms with Crippen molar-refractivity contribution in [3.05, 3.63) is 63.5 Å². The zero-order valence-electron chi connectivity index (χ0n) is 11.1. The molecule has 7 heteroatoms. The van der Waals surface area contributed by atoms with Gasteiger partial charge in [0.1, 0.15) is 5.82 Å². The van der Waals surface area contributed by atoms with E-state index in [1.165, 1.54) is 25.1 Å². The van der Waals surface area contributed by atoms with Crippen LogP contribution in [-0.4, -0.2) is 10.8 Å².